The molecule has 4 aromatic rings. The van der Waals surface area contributed by atoms with Gasteiger partial charge in [-0.2, -0.15) is 5.10 Å². The van der Waals surface area contributed by atoms with Crippen LogP contribution in [-0.2, 0) is 19.6 Å². The summed E-state index contributed by atoms with van der Waals surface area (Å²) in [6, 6.07) is 18.3. The van der Waals surface area contributed by atoms with Crippen molar-refractivity contribution in [1.82, 2.24) is 14.8 Å². The Hall–Kier alpha value is -3.68. The van der Waals surface area contributed by atoms with Crippen molar-refractivity contribution in [1.29, 1.82) is 0 Å². The van der Waals surface area contributed by atoms with Crippen molar-refractivity contribution in [2.75, 3.05) is 18.5 Å². The van der Waals surface area contributed by atoms with Gasteiger partial charge in [0.2, 0.25) is 0 Å². The Morgan fingerprint density at radius 2 is 1.81 bits per heavy atom. The Balaban J connectivity index is 1.35. The van der Waals surface area contributed by atoms with Gasteiger partial charge in [-0.05, 0) is 52.4 Å². The fourth-order valence-corrected chi connectivity index (χ4v) is 4.76. The van der Waals surface area contributed by atoms with Gasteiger partial charge in [0.15, 0.2) is 0 Å². The van der Waals surface area contributed by atoms with Crippen LogP contribution in [0.15, 0.2) is 67.0 Å². The minimum atomic E-state index is -0.761. The first-order chi connectivity index (χ1) is 17.5. The van der Waals surface area contributed by atoms with Crippen molar-refractivity contribution < 1.29 is 14.9 Å². The minimum absolute atomic E-state index is 0.246. The number of fused-ring (bicyclic) bond motifs is 1. The van der Waals surface area contributed by atoms with Crippen LogP contribution in [0.5, 0.6) is 5.75 Å². The maximum absolute atomic E-state index is 9.98. The Morgan fingerprint density at radius 3 is 2.53 bits per heavy atom. The Bertz CT molecular complexity index is 1320. The van der Waals surface area contributed by atoms with E-state index in [1.165, 1.54) is 5.56 Å². The number of rotatable bonds is 9. The van der Waals surface area contributed by atoms with Crippen LogP contribution in [0.1, 0.15) is 36.5 Å². The average molecular weight is 485 g/mol. The summed E-state index contributed by atoms with van der Waals surface area (Å²) >= 11 is 0. The number of anilines is 1. The normalized spacial score (nSPS) is 13.5. The molecule has 1 aliphatic heterocycles. The Kier molecular flexibility index (Phi) is 7.02. The molecule has 1 atom stereocenters. The Labute approximate surface area is 211 Å². The summed E-state index contributed by atoms with van der Waals surface area (Å²) in [5.41, 5.74) is 7.40. The van der Waals surface area contributed by atoms with Gasteiger partial charge in [0.1, 0.15) is 23.9 Å². The molecule has 0 fully saturated rings. The van der Waals surface area contributed by atoms with Crippen molar-refractivity contribution >= 4 is 5.82 Å². The summed E-state index contributed by atoms with van der Waals surface area (Å²) in [4.78, 5) is 4.14. The second-order valence-corrected chi connectivity index (χ2v) is 9.50. The highest BCUT2D eigenvalue weighted by Crippen LogP contribution is 2.39. The molecule has 0 aliphatic carbocycles. The molecular formula is C29H32N4O3. The van der Waals surface area contributed by atoms with Crippen molar-refractivity contribution in [3.63, 3.8) is 0 Å². The summed E-state index contributed by atoms with van der Waals surface area (Å²) in [6.45, 7) is 6.17. The predicted octanol–water partition coefficient (Wildman–Crippen LogP) is 4.64. The van der Waals surface area contributed by atoms with E-state index in [0.29, 0.717) is 18.9 Å². The van der Waals surface area contributed by atoms with E-state index in [4.69, 9.17) is 9.84 Å². The number of hydrogen-bond acceptors (Lipinski definition) is 6. The van der Waals surface area contributed by atoms with E-state index in [1.807, 2.05) is 28.9 Å². The fraction of sp³-hybridized carbons (Fsp3) is 0.310. The van der Waals surface area contributed by atoms with Crippen LogP contribution in [0.2, 0.25) is 0 Å². The van der Waals surface area contributed by atoms with Gasteiger partial charge in [0, 0.05) is 30.9 Å². The number of benzene rings is 2. The predicted molar refractivity (Wildman–Crippen MR) is 141 cm³/mol. The third-order valence-corrected chi connectivity index (χ3v) is 6.57. The Morgan fingerprint density at radius 1 is 1.03 bits per heavy atom. The van der Waals surface area contributed by atoms with Gasteiger partial charge in [0.25, 0.3) is 0 Å². The SMILES string of the molecule is CC(C)c1ccc(COc2ccc(-c3c(-c4ccncc4)nn4c3NCC4)cc2)cc1CC(O)CO. The highest BCUT2D eigenvalue weighted by atomic mass is 16.5. The monoisotopic (exact) mass is 484 g/mol. The standard InChI is InChI=1S/C29H32N4O3/c1-19(2)26-8-3-20(15-23(26)16-24(35)17-34)18-36-25-6-4-21(5-7-25)27-28(22-9-11-30-12-10-22)32-33-14-13-31-29(27)33/h3-12,15,19,24,31,34-35H,13-14,16-18H2,1-2H3. The molecule has 186 valence electrons. The molecule has 2 aromatic carbocycles. The van der Waals surface area contributed by atoms with Crippen molar-refractivity contribution in [2.24, 2.45) is 0 Å². The van der Waals surface area contributed by atoms with Crippen LogP contribution in [0.3, 0.4) is 0 Å². The number of aliphatic hydroxyl groups excluding tert-OH is 2. The van der Waals surface area contributed by atoms with E-state index in [-0.39, 0.29) is 6.61 Å². The molecule has 5 rings (SSSR count). The second-order valence-electron chi connectivity index (χ2n) is 9.50. The second kappa shape index (κ2) is 10.5. The molecule has 0 bridgehead atoms. The quantitative estimate of drug-likeness (QED) is 0.321. The summed E-state index contributed by atoms with van der Waals surface area (Å²) < 4.78 is 8.13. The van der Waals surface area contributed by atoms with Crippen molar-refractivity contribution in [3.05, 3.63) is 83.7 Å². The molecule has 1 aliphatic rings. The maximum atomic E-state index is 9.98. The van der Waals surface area contributed by atoms with Gasteiger partial charge in [-0.1, -0.05) is 44.2 Å². The molecular weight excluding hydrogens is 452 g/mol. The molecule has 1 unspecified atom stereocenters. The van der Waals surface area contributed by atoms with Crippen molar-refractivity contribution in [3.8, 4) is 28.1 Å². The van der Waals surface area contributed by atoms with E-state index in [0.717, 1.165) is 58.2 Å². The van der Waals surface area contributed by atoms with Crippen LogP contribution in [0.4, 0.5) is 5.82 Å². The molecule has 3 N–H and O–H groups in total. The van der Waals surface area contributed by atoms with Gasteiger partial charge in [-0.25, -0.2) is 4.68 Å². The zero-order valence-electron chi connectivity index (χ0n) is 20.7. The first kappa shape index (κ1) is 24.0. The zero-order valence-corrected chi connectivity index (χ0v) is 20.7. The van der Waals surface area contributed by atoms with Crippen LogP contribution in [0.25, 0.3) is 22.4 Å². The number of aromatic nitrogens is 3. The fourth-order valence-electron chi connectivity index (χ4n) is 4.76. The van der Waals surface area contributed by atoms with Crippen LogP contribution in [0, 0.1) is 0 Å². The van der Waals surface area contributed by atoms with E-state index in [2.05, 4.69) is 54.5 Å². The van der Waals surface area contributed by atoms with Crippen LogP contribution >= 0.6 is 0 Å². The lowest BCUT2D eigenvalue weighted by Gasteiger charge is -2.17. The lowest BCUT2D eigenvalue weighted by Crippen LogP contribution is -2.16. The van der Waals surface area contributed by atoms with Gasteiger partial charge in [0.05, 0.1) is 24.8 Å². The lowest BCUT2D eigenvalue weighted by molar-refractivity contribution is 0.0952. The van der Waals surface area contributed by atoms with Gasteiger partial charge < -0.3 is 20.3 Å². The molecule has 0 saturated carbocycles. The average Bonchev–Trinajstić information content (AvgIpc) is 3.50. The number of nitrogens with zero attached hydrogens (tertiary/aromatic N) is 3. The summed E-state index contributed by atoms with van der Waals surface area (Å²) in [7, 11) is 0. The van der Waals surface area contributed by atoms with E-state index in [1.54, 1.807) is 12.4 Å². The first-order valence-corrected chi connectivity index (χ1v) is 12.4. The van der Waals surface area contributed by atoms with Gasteiger partial charge in [-0.15, -0.1) is 0 Å². The van der Waals surface area contributed by atoms with Gasteiger partial charge >= 0.3 is 0 Å². The smallest absolute Gasteiger partial charge is 0.133 e. The zero-order chi connectivity index (χ0) is 25.1. The third kappa shape index (κ3) is 4.98. The molecule has 7 nitrogen and oxygen atoms in total. The molecule has 3 heterocycles. The maximum Gasteiger partial charge on any atom is 0.133 e. The number of nitrogens with one attached hydrogen (secondary N) is 1. The first-order valence-electron chi connectivity index (χ1n) is 12.4. The highest BCUT2D eigenvalue weighted by Gasteiger charge is 2.23. The highest BCUT2D eigenvalue weighted by molar-refractivity contribution is 5.89. The third-order valence-electron chi connectivity index (χ3n) is 6.57. The van der Waals surface area contributed by atoms with Crippen molar-refractivity contribution in [2.45, 2.75) is 45.4 Å². The number of pyridine rings is 1. The minimum Gasteiger partial charge on any atom is -0.489 e. The summed E-state index contributed by atoms with van der Waals surface area (Å²) in [5.74, 6) is 2.16. The molecule has 0 amide bonds. The topological polar surface area (TPSA) is 92.4 Å². The number of aliphatic hydroxyl groups is 2. The number of hydrogen-bond donors (Lipinski definition) is 3. The van der Waals surface area contributed by atoms with E-state index in [9.17, 15) is 10.2 Å². The summed E-state index contributed by atoms with van der Waals surface area (Å²) in [5, 5.41) is 27.6. The molecule has 0 radical (unpaired) electrons. The molecule has 2 aromatic heterocycles. The molecule has 36 heavy (non-hydrogen) atoms. The largest absolute Gasteiger partial charge is 0.489 e. The lowest BCUT2D eigenvalue weighted by atomic mass is 9.92. The van der Waals surface area contributed by atoms with Crippen LogP contribution < -0.4 is 10.1 Å². The van der Waals surface area contributed by atoms with E-state index >= 15 is 0 Å². The molecule has 0 spiro atoms. The molecule has 0 saturated heterocycles. The van der Waals surface area contributed by atoms with Gasteiger partial charge in [-0.3, -0.25) is 4.98 Å². The van der Waals surface area contributed by atoms with E-state index < -0.39 is 6.10 Å². The van der Waals surface area contributed by atoms with Crippen LogP contribution in [-0.4, -0.2) is 44.2 Å². The summed E-state index contributed by atoms with van der Waals surface area (Å²) in [6.07, 6.45) is 3.24. The number of ether oxygens (including phenoxy) is 1. The molecule has 7 heteroatoms.